The van der Waals surface area contributed by atoms with Gasteiger partial charge in [-0.3, -0.25) is 4.79 Å². The number of anilines is 1. The molecule has 1 amide bonds. The van der Waals surface area contributed by atoms with Crippen molar-refractivity contribution in [3.63, 3.8) is 0 Å². The first-order valence-corrected chi connectivity index (χ1v) is 9.38. The molecule has 0 saturated heterocycles. The van der Waals surface area contributed by atoms with E-state index in [1.54, 1.807) is 24.5 Å². The summed E-state index contributed by atoms with van der Waals surface area (Å²) in [6.45, 7) is 1.92. The van der Waals surface area contributed by atoms with E-state index in [9.17, 15) is 4.79 Å². The summed E-state index contributed by atoms with van der Waals surface area (Å²) in [7, 11) is 1.58. The number of benzene rings is 3. The molecule has 0 atom stereocenters. The third-order valence-corrected chi connectivity index (χ3v) is 5.43. The molecule has 134 valence electrons. The SMILES string of the molecule is COc1c(C)cccc1C(=O)Nc1ccc(-c2nc3ccccc3s2)cc1. The van der Waals surface area contributed by atoms with Crippen LogP contribution in [0.1, 0.15) is 15.9 Å². The number of carbonyl (C=O) groups is 1. The smallest absolute Gasteiger partial charge is 0.259 e. The summed E-state index contributed by atoms with van der Waals surface area (Å²) in [4.78, 5) is 17.3. The zero-order chi connectivity index (χ0) is 18.8. The minimum atomic E-state index is -0.191. The number of methoxy groups -OCH3 is 1. The molecule has 0 aliphatic rings. The monoisotopic (exact) mass is 374 g/mol. The van der Waals surface area contributed by atoms with E-state index in [-0.39, 0.29) is 5.91 Å². The van der Waals surface area contributed by atoms with Gasteiger partial charge in [0, 0.05) is 11.3 Å². The molecule has 5 heteroatoms. The van der Waals surface area contributed by atoms with Gasteiger partial charge in [0.25, 0.3) is 5.91 Å². The van der Waals surface area contributed by atoms with Crippen LogP contribution in [0, 0.1) is 6.92 Å². The molecule has 1 heterocycles. The summed E-state index contributed by atoms with van der Waals surface area (Å²) in [5, 5.41) is 3.90. The van der Waals surface area contributed by atoms with Crippen LogP contribution in [-0.2, 0) is 0 Å². The third-order valence-electron chi connectivity index (χ3n) is 4.34. The lowest BCUT2D eigenvalue weighted by Crippen LogP contribution is -2.13. The van der Waals surface area contributed by atoms with E-state index in [0.717, 1.165) is 32.0 Å². The van der Waals surface area contributed by atoms with Crippen LogP contribution in [0.25, 0.3) is 20.8 Å². The van der Waals surface area contributed by atoms with Crippen molar-refractivity contribution in [1.29, 1.82) is 0 Å². The van der Waals surface area contributed by atoms with E-state index in [1.165, 1.54) is 0 Å². The summed E-state index contributed by atoms with van der Waals surface area (Å²) in [6, 6.07) is 21.3. The van der Waals surface area contributed by atoms with Crippen molar-refractivity contribution in [3.05, 3.63) is 77.9 Å². The number of amides is 1. The largest absolute Gasteiger partial charge is 0.496 e. The van der Waals surface area contributed by atoms with Crippen molar-refractivity contribution in [2.45, 2.75) is 6.92 Å². The number of ether oxygens (including phenoxy) is 1. The molecule has 0 aliphatic carbocycles. The Morgan fingerprint density at radius 1 is 1.00 bits per heavy atom. The molecule has 4 aromatic rings. The van der Waals surface area contributed by atoms with E-state index < -0.39 is 0 Å². The number of rotatable bonds is 4. The normalized spacial score (nSPS) is 10.7. The molecule has 0 fully saturated rings. The van der Waals surface area contributed by atoms with Crippen molar-refractivity contribution in [2.75, 3.05) is 12.4 Å². The molecular weight excluding hydrogens is 356 g/mol. The highest BCUT2D eigenvalue weighted by atomic mass is 32.1. The second-order valence-electron chi connectivity index (χ2n) is 6.17. The Morgan fingerprint density at radius 3 is 2.52 bits per heavy atom. The van der Waals surface area contributed by atoms with Crippen molar-refractivity contribution in [3.8, 4) is 16.3 Å². The summed E-state index contributed by atoms with van der Waals surface area (Å²) in [5.74, 6) is 0.407. The van der Waals surface area contributed by atoms with Gasteiger partial charge in [0.05, 0.1) is 22.9 Å². The summed E-state index contributed by atoms with van der Waals surface area (Å²) >= 11 is 1.66. The fourth-order valence-corrected chi connectivity index (χ4v) is 3.96. The summed E-state index contributed by atoms with van der Waals surface area (Å²) in [5.41, 5.74) is 4.21. The summed E-state index contributed by atoms with van der Waals surface area (Å²) < 4.78 is 6.54. The predicted octanol–water partition coefficient (Wildman–Crippen LogP) is 5.53. The zero-order valence-corrected chi connectivity index (χ0v) is 15.8. The lowest BCUT2D eigenvalue weighted by atomic mass is 10.1. The highest BCUT2D eigenvalue weighted by Crippen LogP contribution is 2.31. The number of hydrogen-bond donors (Lipinski definition) is 1. The number of nitrogens with zero attached hydrogens (tertiary/aromatic N) is 1. The van der Waals surface area contributed by atoms with Crippen LogP contribution in [-0.4, -0.2) is 18.0 Å². The molecule has 3 aromatic carbocycles. The first-order valence-electron chi connectivity index (χ1n) is 8.56. The van der Waals surface area contributed by atoms with E-state index in [1.807, 2.05) is 61.5 Å². The fraction of sp³-hybridized carbons (Fsp3) is 0.0909. The van der Waals surface area contributed by atoms with Gasteiger partial charge in [-0.25, -0.2) is 4.98 Å². The molecule has 0 unspecified atom stereocenters. The first-order chi connectivity index (χ1) is 13.2. The number of thiazole rings is 1. The van der Waals surface area contributed by atoms with Gasteiger partial charge < -0.3 is 10.1 Å². The molecule has 0 radical (unpaired) electrons. The summed E-state index contributed by atoms with van der Waals surface area (Å²) in [6.07, 6.45) is 0. The average Bonchev–Trinajstić information content (AvgIpc) is 3.12. The van der Waals surface area contributed by atoms with Gasteiger partial charge in [0.1, 0.15) is 10.8 Å². The van der Waals surface area contributed by atoms with Gasteiger partial charge in [-0.05, 0) is 55.0 Å². The molecule has 1 aromatic heterocycles. The van der Waals surface area contributed by atoms with Crippen LogP contribution in [0.3, 0.4) is 0 Å². The van der Waals surface area contributed by atoms with Crippen LogP contribution < -0.4 is 10.1 Å². The predicted molar refractivity (Wildman–Crippen MR) is 111 cm³/mol. The number of nitrogens with one attached hydrogen (secondary N) is 1. The molecule has 4 nitrogen and oxygen atoms in total. The second kappa shape index (κ2) is 7.21. The Balaban J connectivity index is 1.56. The molecule has 0 spiro atoms. The highest BCUT2D eigenvalue weighted by Gasteiger charge is 2.14. The van der Waals surface area contributed by atoms with Gasteiger partial charge >= 0.3 is 0 Å². The topological polar surface area (TPSA) is 51.2 Å². The maximum atomic E-state index is 12.6. The number of para-hydroxylation sites is 2. The quantitative estimate of drug-likeness (QED) is 0.511. The third kappa shape index (κ3) is 3.41. The van der Waals surface area contributed by atoms with E-state index >= 15 is 0 Å². The number of hydrogen-bond acceptors (Lipinski definition) is 4. The highest BCUT2D eigenvalue weighted by molar-refractivity contribution is 7.21. The Hall–Kier alpha value is -3.18. The van der Waals surface area contributed by atoms with Crippen LogP contribution in [0.2, 0.25) is 0 Å². The van der Waals surface area contributed by atoms with E-state index in [0.29, 0.717) is 11.3 Å². The number of aromatic nitrogens is 1. The Morgan fingerprint density at radius 2 is 1.78 bits per heavy atom. The van der Waals surface area contributed by atoms with E-state index in [4.69, 9.17) is 4.74 Å². The number of fused-ring (bicyclic) bond motifs is 1. The fourth-order valence-electron chi connectivity index (χ4n) is 2.99. The molecule has 0 bridgehead atoms. The van der Waals surface area contributed by atoms with Gasteiger partial charge in [-0.15, -0.1) is 11.3 Å². The van der Waals surface area contributed by atoms with Crippen LogP contribution in [0.4, 0.5) is 5.69 Å². The zero-order valence-electron chi connectivity index (χ0n) is 15.0. The maximum Gasteiger partial charge on any atom is 0.259 e. The van der Waals surface area contributed by atoms with Crippen molar-refractivity contribution in [1.82, 2.24) is 4.98 Å². The number of carbonyl (C=O) groups excluding carboxylic acids is 1. The van der Waals surface area contributed by atoms with Crippen LogP contribution in [0.5, 0.6) is 5.75 Å². The first kappa shape index (κ1) is 17.2. The number of aryl methyl sites for hydroxylation is 1. The van der Waals surface area contributed by atoms with Crippen molar-refractivity contribution in [2.24, 2.45) is 0 Å². The molecule has 27 heavy (non-hydrogen) atoms. The van der Waals surface area contributed by atoms with Crippen molar-refractivity contribution < 1.29 is 9.53 Å². The maximum absolute atomic E-state index is 12.6. The van der Waals surface area contributed by atoms with Crippen LogP contribution in [0.15, 0.2) is 66.7 Å². The molecule has 0 aliphatic heterocycles. The van der Waals surface area contributed by atoms with Gasteiger partial charge in [-0.2, -0.15) is 0 Å². The Kier molecular flexibility index (Phi) is 4.60. The van der Waals surface area contributed by atoms with Gasteiger partial charge in [0.15, 0.2) is 0 Å². The molecule has 1 N–H and O–H groups in total. The van der Waals surface area contributed by atoms with Gasteiger partial charge in [-0.1, -0.05) is 24.3 Å². The lowest BCUT2D eigenvalue weighted by molar-refractivity contribution is 0.102. The second-order valence-corrected chi connectivity index (χ2v) is 7.20. The Bertz CT molecular complexity index is 1080. The lowest BCUT2D eigenvalue weighted by Gasteiger charge is -2.11. The van der Waals surface area contributed by atoms with E-state index in [2.05, 4.69) is 16.4 Å². The average molecular weight is 374 g/mol. The van der Waals surface area contributed by atoms with Crippen molar-refractivity contribution >= 4 is 33.1 Å². The minimum absolute atomic E-state index is 0.191. The molecule has 4 rings (SSSR count). The Labute approximate surface area is 161 Å². The molecular formula is C22H18N2O2S. The van der Waals surface area contributed by atoms with Crippen LogP contribution >= 0.6 is 11.3 Å². The standard InChI is InChI=1S/C22H18N2O2S/c1-14-6-5-7-17(20(14)26-2)21(25)23-16-12-10-15(11-13-16)22-24-18-8-3-4-9-19(18)27-22/h3-13H,1-2H3,(H,23,25). The van der Waals surface area contributed by atoms with Gasteiger partial charge in [0.2, 0.25) is 0 Å². The molecule has 0 saturated carbocycles. The minimum Gasteiger partial charge on any atom is -0.496 e.